The Morgan fingerprint density at radius 1 is 1.24 bits per heavy atom. The standard InChI is InChI=1S/C13H19N3O/c1-11(17)15-12-6-7-13(14-10-12)16-8-4-2-3-5-9-16/h6-7,10H,2-5,8-9H2,1H3,(H,15,17). The Labute approximate surface area is 102 Å². The van der Waals surface area contributed by atoms with Gasteiger partial charge >= 0.3 is 0 Å². The van der Waals surface area contributed by atoms with Crippen LogP contribution in [0.1, 0.15) is 32.6 Å². The summed E-state index contributed by atoms with van der Waals surface area (Å²) in [6, 6.07) is 3.89. The van der Waals surface area contributed by atoms with E-state index >= 15 is 0 Å². The van der Waals surface area contributed by atoms with Crippen molar-refractivity contribution < 1.29 is 4.79 Å². The van der Waals surface area contributed by atoms with Crippen LogP contribution in [0.25, 0.3) is 0 Å². The quantitative estimate of drug-likeness (QED) is 0.853. The number of nitrogens with zero attached hydrogens (tertiary/aromatic N) is 2. The monoisotopic (exact) mass is 233 g/mol. The lowest BCUT2D eigenvalue weighted by atomic mass is 10.2. The smallest absolute Gasteiger partial charge is 0.221 e. The van der Waals surface area contributed by atoms with Crippen LogP contribution < -0.4 is 10.2 Å². The lowest BCUT2D eigenvalue weighted by Crippen LogP contribution is -2.24. The minimum absolute atomic E-state index is 0.0608. The third kappa shape index (κ3) is 3.44. The highest BCUT2D eigenvalue weighted by Crippen LogP contribution is 2.18. The predicted molar refractivity (Wildman–Crippen MR) is 69.2 cm³/mol. The zero-order valence-electron chi connectivity index (χ0n) is 10.3. The zero-order valence-corrected chi connectivity index (χ0v) is 10.3. The molecular weight excluding hydrogens is 214 g/mol. The molecule has 1 N–H and O–H groups in total. The van der Waals surface area contributed by atoms with Gasteiger partial charge in [-0.3, -0.25) is 4.79 Å². The van der Waals surface area contributed by atoms with E-state index in [0.29, 0.717) is 0 Å². The summed E-state index contributed by atoms with van der Waals surface area (Å²) in [6.07, 6.45) is 6.85. The van der Waals surface area contributed by atoms with Crippen LogP contribution in [0.5, 0.6) is 0 Å². The lowest BCUT2D eigenvalue weighted by molar-refractivity contribution is -0.114. The molecule has 92 valence electrons. The average molecular weight is 233 g/mol. The molecule has 0 aromatic carbocycles. The van der Waals surface area contributed by atoms with Crippen LogP contribution in [0.4, 0.5) is 11.5 Å². The van der Waals surface area contributed by atoms with Gasteiger partial charge in [-0.25, -0.2) is 4.98 Å². The van der Waals surface area contributed by atoms with Gasteiger partial charge in [-0.1, -0.05) is 12.8 Å². The number of aromatic nitrogens is 1. The summed E-state index contributed by atoms with van der Waals surface area (Å²) in [5.74, 6) is 0.954. The minimum atomic E-state index is -0.0608. The van der Waals surface area contributed by atoms with Gasteiger partial charge in [-0.15, -0.1) is 0 Å². The largest absolute Gasteiger partial charge is 0.357 e. The van der Waals surface area contributed by atoms with Gasteiger partial charge in [-0.05, 0) is 25.0 Å². The first kappa shape index (κ1) is 11.9. The maximum Gasteiger partial charge on any atom is 0.221 e. The molecule has 1 fully saturated rings. The number of hydrogen-bond donors (Lipinski definition) is 1. The van der Waals surface area contributed by atoms with Gasteiger partial charge in [0.1, 0.15) is 5.82 Å². The molecular formula is C13H19N3O. The molecule has 1 aromatic heterocycles. The molecule has 1 amide bonds. The number of amides is 1. The van der Waals surface area contributed by atoms with E-state index in [0.717, 1.165) is 24.6 Å². The molecule has 0 spiro atoms. The molecule has 0 radical (unpaired) electrons. The van der Waals surface area contributed by atoms with Crippen LogP contribution in [0, 0.1) is 0 Å². The SMILES string of the molecule is CC(=O)Nc1ccc(N2CCCCCC2)nc1. The van der Waals surface area contributed by atoms with Crippen LogP contribution in [0.3, 0.4) is 0 Å². The molecule has 1 saturated heterocycles. The highest BCUT2D eigenvalue weighted by atomic mass is 16.1. The van der Waals surface area contributed by atoms with Crippen LogP contribution in [0.2, 0.25) is 0 Å². The predicted octanol–water partition coefficient (Wildman–Crippen LogP) is 2.42. The van der Waals surface area contributed by atoms with Crippen molar-refractivity contribution in [3.05, 3.63) is 18.3 Å². The van der Waals surface area contributed by atoms with Gasteiger partial charge in [0.15, 0.2) is 0 Å². The van der Waals surface area contributed by atoms with Crippen molar-refractivity contribution in [2.75, 3.05) is 23.3 Å². The number of pyridine rings is 1. The van der Waals surface area contributed by atoms with E-state index in [2.05, 4.69) is 15.2 Å². The molecule has 1 aliphatic rings. The van der Waals surface area contributed by atoms with E-state index in [9.17, 15) is 4.79 Å². The molecule has 2 rings (SSSR count). The Kier molecular flexibility index (Phi) is 3.96. The highest BCUT2D eigenvalue weighted by molar-refractivity contribution is 5.88. The van der Waals surface area contributed by atoms with Crippen LogP contribution >= 0.6 is 0 Å². The van der Waals surface area contributed by atoms with Crippen LogP contribution in [0.15, 0.2) is 18.3 Å². The van der Waals surface area contributed by atoms with Gasteiger partial charge in [0.05, 0.1) is 11.9 Å². The number of carbonyl (C=O) groups excluding carboxylic acids is 1. The molecule has 0 atom stereocenters. The Hall–Kier alpha value is -1.58. The van der Waals surface area contributed by atoms with Crippen molar-refractivity contribution in [2.24, 2.45) is 0 Å². The first-order chi connectivity index (χ1) is 8.25. The Balaban J connectivity index is 2.03. The molecule has 1 aromatic rings. The summed E-state index contributed by atoms with van der Waals surface area (Å²) < 4.78 is 0. The number of rotatable bonds is 2. The van der Waals surface area contributed by atoms with Crippen molar-refractivity contribution in [2.45, 2.75) is 32.6 Å². The fourth-order valence-electron chi connectivity index (χ4n) is 2.15. The molecule has 2 heterocycles. The second-order valence-corrected chi connectivity index (χ2v) is 4.49. The Bertz CT molecular complexity index is 367. The van der Waals surface area contributed by atoms with Gasteiger partial charge in [0, 0.05) is 20.0 Å². The lowest BCUT2D eigenvalue weighted by Gasteiger charge is -2.21. The zero-order chi connectivity index (χ0) is 12.1. The Morgan fingerprint density at radius 3 is 2.47 bits per heavy atom. The van der Waals surface area contributed by atoms with Crippen LogP contribution in [-0.4, -0.2) is 24.0 Å². The van der Waals surface area contributed by atoms with E-state index in [4.69, 9.17) is 0 Å². The summed E-state index contributed by atoms with van der Waals surface area (Å²) in [5.41, 5.74) is 0.760. The molecule has 4 nitrogen and oxygen atoms in total. The number of carbonyl (C=O) groups is 1. The first-order valence-electron chi connectivity index (χ1n) is 6.24. The normalized spacial score (nSPS) is 16.4. The summed E-state index contributed by atoms with van der Waals surface area (Å²) in [7, 11) is 0. The highest BCUT2D eigenvalue weighted by Gasteiger charge is 2.10. The van der Waals surface area contributed by atoms with E-state index in [1.165, 1.54) is 32.6 Å². The molecule has 17 heavy (non-hydrogen) atoms. The summed E-state index contributed by atoms with van der Waals surface area (Å²) >= 11 is 0. The van der Waals surface area contributed by atoms with Crippen molar-refractivity contribution >= 4 is 17.4 Å². The molecule has 0 unspecified atom stereocenters. The van der Waals surface area contributed by atoms with Crippen LogP contribution in [-0.2, 0) is 4.79 Å². The molecule has 1 aliphatic heterocycles. The summed E-state index contributed by atoms with van der Waals surface area (Å²) in [6.45, 7) is 3.68. The maximum absolute atomic E-state index is 10.9. The number of anilines is 2. The second kappa shape index (κ2) is 5.66. The fraction of sp³-hybridized carbons (Fsp3) is 0.538. The summed E-state index contributed by atoms with van der Waals surface area (Å²) in [4.78, 5) is 17.6. The molecule has 0 aliphatic carbocycles. The topological polar surface area (TPSA) is 45.2 Å². The Morgan fingerprint density at radius 2 is 1.94 bits per heavy atom. The fourth-order valence-corrected chi connectivity index (χ4v) is 2.15. The summed E-state index contributed by atoms with van der Waals surface area (Å²) in [5, 5.41) is 2.73. The van der Waals surface area contributed by atoms with Crippen molar-refractivity contribution in [3.63, 3.8) is 0 Å². The molecule has 4 heteroatoms. The van der Waals surface area contributed by atoms with E-state index in [1.54, 1.807) is 6.20 Å². The van der Waals surface area contributed by atoms with E-state index in [1.807, 2.05) is 12.1 Å². The average Bonchev–Trinajstić information content (AvgIpc) is 2.58. The van der Waals surface area contributed by atoms with Gasteiger partial charge in [0.25, 0.3) is 0 Å². The number of nitrogens with one attached hydrogen (secondary N) is 1. The third-order valence-electron chi connectivity index (χ3n) is 3.00. The van der Waals surface area contributed by atoms with Gasteiger partial charge < -0.3 is 10.2 Å². The molecule has 0 bridgehead atoms. The second-order valence-electron chi connectivity index (χ2n) is 4.49. The van der Waals surface area contributed by atoms with Crippen molar-refractivity contribution in [1.29, 1.82) is 0 Å². The maximum atomic E-state index is 10.9. The third-order valence-corrected chi connectivity index (χ3v) is 3.00. The van der Waals surface area contributed by atoms with Crippen molar-refractivity contribution in [3.8, 4) is 0 Å². The van der Waals surface area contributed by atoms with Gasteiger partial charge in [-0.2, -0.15) is 0 Å². The van der Waals surface area contributed by atoms with Gasteiger partial charge in [0.2, 0.25) is 5.91 Å². The minimum Gasteiger partial charge on any atom is -0.357 e. The van der Waals surface area contributed by atoms with Crippen molar-refractivity contribution in [1.82, 2.24) is 4.98 Å². The van der Waals surface area contributed by atoms with E-state index < -0.39 is 0 Å². The first-order valence-corrected chi connectivity index (χ1v) is 6.24. The van der Waals surface area contributed by atoms with E-state index in [-0.39, 0.29) is 5.91 Å². The molecule has 0 saturated carbocycles. The number of hydrogen-bond acceptors (Lipinski definition) is 3.